The number of para-hydroxylation sites is 1. The van der Waals surface area contributed by atoms with Gasteiger partial charge in [-0.1, -0.05) is 18.2 Å². The number of likely N-dealkylation sites (tertiary alicyclic amines) is 1. The molecule has 2 aromatic rings. The van der Waals surface area contributed by atoms with Crippen LogP contribution in [-0.2, 0) is 0 Å². The quantitative estimate of drug-likeness (QED) is 0.655. The van der Waals surface area contributed by atoms with Crippen molar-refractivity contribution in [2.45, 2.75) is 26.2 Å². The van der Waals surface area contributed by atoms with Crippen molar-refractivity contribution in [1.82, 2.24) is 4.90 Å². The predicted octanol–water partition coefficient (Wildman–Crippen LogP) is 4.17. The molecule has 3 rings (SSSR count). The summed E-state index contributed by atoms with van der Waals surface area (Å²) in [4.78, 5) is 14.6. The van der Waals surface area contributed by atoms with E-state index < -0.39 is 0 Å². The summed E-state index contributed by atoms with van der Waals surface area (Å²) in [6.45, 7) is 4.92. The van der Waals surface area contributed by atoms with Crippen LogP contribution in [0.25, 0.3) is 0 Å². The summed E-state index contributed by atoms with van der Waals surface area (Å²) in [5, 5.41) is 0. The van der Waals surface area contributed by atoms with Gasteiger partial charge in [-0.3, -0.25) is 4.79 Å². The fraction of sp³-hybridized carbons (Fsp3) is 0.409. The maximum Gasteiger partial charge on any atom is 0.253 e. The Morgan fingerprint density at radius 1 is 0.889 bits per heavy atom. The van der Waals surface area contributed by atoms with E-state index in [0.717, 1.165) is 31.7 Å². The summed E-state index contributed by atoms with van der Waals surface area (Å²) in [6, 6.07) is 15.0. The van der Waals surface area contributed by atoms with Gasteiger partial charge in [0.05, 0.1) is 6.61 Å². The second kappa shape index (κ2) is 9.86. The molecular formula is C22H27NO4. The lowest BCUT2D eigenvalue weighted by Gasteiger charge is -2.27. The Hall–Kier alpha value is -2.69. The summed E-state index contributed by atoms with van der Waals surface area (Å²) >= 11 is 0. The molecule has 27 heavy (non-hydrogen) atoms. The van der Waals surface area contributed by atoms with E-state index in [4.69, 9.17) is 14.2 Å². The van der Waals surface area contributed by atoms with Crippen LogP contribution in [0, 0.1) is 0 Å². The minimum atomic E-state index is 0.0645. The number of hydrogen-bond donors (Lipinski definition) is 0. The molecule has 5 heteroatoms. The third-order valence-corrected chi connectivity index (χ3v) is 4.49. The van der Waals surface area contributed by atoms with Gasteiger partial charge in [-0.15, -0.1) is 0 Å². The van der Waals surface area contributed by atoms with Crippen LogP contribution in [-0.4, -0.2) is 43.7 Å². The van der Waals surface area contributed by atoms with Gasteiger partial charge in [-0.05, 0) is 56.5 Å². The van der Waals surface area contributed by atoms with Crippen LogP contribution in [0.3, 0.4) is 0 Å². The normalized spacial score (nSPS) is 13.9. The van der Waals surface area contributed by atoms with Crippen LogP contribution < -0.4 is 14.2 Å². The van der Waals surface area contributed by atoms with Crippen LogP contribution in [0.1, 0.15) is 36.5 Å². The van der Waals surface area contributed by atoms with Crippen LogP contribution in [0.5, 0.6) is 17.2 Å². The zero-order valence-corrected chi connectivity index (χ0v) is 15.9. The summed E-state index contributed by atoms with van der Waals surface area (Å²) in [6.07, 6.45) is 3.35. The molecule has 2 aromatic carbocycles. The molecule has 0 saturated carbocycles. The standard InChI is InChI=1S/C22H27NO4/c1-2-25-21-17-18(22(24)23-13-7-4-8-14-23)11-12-20(21)27-16-15-26-19-9-5-3-6-10-19/h3,5-6,9-12,17H,2,4,7-8,13-16H2,1H3. The Bertz CT molecular complexity index is 726. The van der Waals surface area contributed by atoms with Crippen molar-refractivity contribution in [3.05, 3.63) is 54.1 Å². The zero-order valence-electron chi connectivity index (χ0n) is 15.9. The van der Waals surface area contributed by atoms with Gasteiger partial charge in [0.1, 0.15) is 19.0 Å². The van der Waals surface area contributed by atoms with Gasteiger partial charge in [0.2, 0.25) is 0 Å². The number of hydrogen-bond acceptors (Lipinski definition) is 4. The Morgan fingerprint density at radius 2 is 1.63 bits per heavy atom. The Labute approximate surface area is 160 Å². The molecule has 0 atom stereocenters. The first kappa shape index (κ1) is 19.1. The fourth-order valence-electron chi connectivity index (χ4n) is 3.14. The van der Waals surface area contributed by atoms with Crippen LogP contribution in [0.15, 0.2) is 48.5 Å². The first-order valence-electron chi connectivity index (χ1n) is 9.64. The van der Waals surface area contributed by atoms with Gasteiger partial charge in [0.15, 0.2) is 11.5 Å². The van der Waals surface area contributed by atoms with E-state index in [9.17, 15) is 4.79 Å². The molecule has 1 amide bonds. The minimum Gasteiger partial charge on any atom is -0.490 e. The van der Waals surface area contributed by atoms with Crippen LogP contribution in [0.2, 0.25) is 0 Å². The summed E-state index contributed by atoms with van der Waals surface area (Å²) in [5.74, 6) is 2.10. The number of nitrogens with zero attached hydrogens (tertiary/aromatic N) is 1. The van der Waals surface area contributed by atoms with Gasteiger partial charge < -0.3 is 19.1 Å². The van der Waals surface area contributed by atoms with E-state index in [1.807, 2.05) is 54.3 Å². The van der Waals surface area contributed by atoms with Gasteiger partial charge >= 0.3 is 0 Å². The van der Waals surface area contributed by atoms with Crippen molar-refractivity contribution >= 4 is 5.91 Å². The molecule has 0 radical (unpaired) electrons. The number of carbonyl (C=O) groups excluding carboxylic acids is 1. The zero-order chi connectivity index (χ0) is 18.9. The third-order valence-electron chi connectivity index (χ3n) is 4.49. The molecule has 144 valence electrons. The Morgan fingerprint density at radius 3 is 2.37 bits per heavy atom. The molecule has 1 heterocycles. The Kier molecular flexibility index (Phi) is 6.97. The molecule has 5 nitrogen and oxygen atoms in total. The van der Waals surface area contributed by atoms with Crippen molar-refractivity contribution in [2.24, 2.45) is 0 Å². The summed E-state index contributed by atoms with van der Waals surface area (Å²) < 4.78 is 17.2. The molecule has 1 fully saturated rings. The van der Waals surface area contributed by atoms with E-state index in [1.54, 1.807) is 6.07 Å². The second-order valence-corrected chi connectivity index (χ2v) is 6.46. The highest BCUT2D eigenvalue weighted by Crippen LogP contribution is 2.29. The molecule has 1 aliphatic rings. The monoisotopic (exact) mass is 369 g/mol. The largest absolute Gasteiger partial charge is 0.490 e. The molecule has 1 aliphatic heterocycles. The van der Waals surface area contributed by atoms with E-state index >= 15 is 0 Å². The first-order chi connectivity index (χ1) is 13.3. The maximum atomic E-state index is 12.7. The highest BCUT2D eigenvalue weighted by molar-refractivity contribution is 5.95. The van der Waals surface area contributed by atoms with Crippen molar-refractivity contribution in [2.75, 3.05) is 32.9 Å². The van der Waals surface area contributed by atoms with Crippen LogP contribution >= 0.6 is 0 Å². The topological polar surface area (TPSA) is 48.0 Å². The average Bonchev–Trinajstić information content (AvgIpc) is 2.73. The number of carbonyl (C=O) groups is 1. The van der Waals surface area contributed by atoms with E-state index in [-0.39, 0.29) is 5.91 Å². The van der Waals surface area contributed by atoms with E-state index in [1.165, 1.54) is 6.42 Å². The molecule has 1 saturated heterocycles. The lowest BCUT2D eigenvalue weighted by atomic mass is 10.1. The van der Waals surface area contributed by atoms with Gasteiger partial charge in [-0.25, -0.2) is 0 Å². The number of amides is 1. The highest BCUT2D eigenvalue weighted by Gasteiger charge is 2.19. The minimum absolute atomic E-state index is 0.0645. The SMILES string of the molecule is CCOc1cc(C(=O)N2CCCCC2)ccc1OCCOc1ccccc1. The highest BCUT2D eigenvalue weighted by atomic mass is 16.5. The molecular weight excluding hydrogens is 342 g/mol. The average molecular weight is 369 g/mol. The van der Waals surface area contributed by atoms with E-state index in [2.05, 4.69) is 0 Å². The molecule has 0 spiro atoms. The second-order valence-electron chi connectivity index (χ2n) is 6.46. The smallest absolute Gasteiger partial charge is 0.253 e. The fourth-order valence-corrected chi connectivity index (χ4v) is 3.14. The molecule has 0 unspecified atom stereocenters. The van der Waals surface area contributed by atoms with Crippen molar-refractivity contribution < 1.29 is 19.0 Å². The molecule has 0 aromatic heterocycles. The lowest BCUT2D eigenvalue weighted by Crippen LogP contribution is -2.35. The van der Waals surface area contributed by atoms with Crippen molar-refractivity contribution in [3.8, 4) is 17.2 Å². The number of ether oxygens (including phenoxy) is 3. The Balaban J connectivity index is 1.60. The van der Waals surface area contributed by atoms with Crippen molar-refractivity contribution in [1.29, 1.82) is 0 Å². The summed E-state index contributed by atoms with van der Waals surface area (Å²) in [7, 11) is 0. The molecule has 0 N–H and O–H groups in total. The number of rotatable bonds is 8. The van der Waals surface area contributed by atoms with Crippen molar-refractivity contribution in [3.63, 3.8) is 0 Å². The van der Waals surface area contributed by atoms with Gasteiger partial charge in [0.25, 0.3) is 5.91 Å². The third kappa shape index (κ3) is 5.39. The maximum absolute atomic E-state index is 12.7. The van der Waals surface area contributed by atoms with Gasteiger partial charge in [0, 0.05) is 18.7 Å². The van der Waals surface area contributed by atoms with E-state index in [0.29, 0.717) is 36.9 Å². The predicted molar refractivity (Wildman–Crippen MR) is 105 cm³/mol. The first-order valence-corrected chi connectivity index (χ1v) is 9.64. The summed E-state index contributed by atoms with van der Waals surface area (Å²) in [5.41, 5.74) is 0.647. The van der Waals surface area contributed by atoms with Gasteiger partial charge in [-0.2, -0.15) is 0 Å². The van der Waals surface area contributed by atoms with Crippen LogP contribution in [0.4, 0.5) is 0 Å². The molecule has 0 bridgehead atoms. The number of benzene rings is 2. The lowest BCUT2D eigenvalue weighted by molar-refractivity contribution is 0.0723. The number of piperidine rings is 1. The molecule has 0 aliphatic carbocycles.